The minimum Gasteiger partial charge on any atom is -0.300 e. The fourth-order valence-electron chi connectivity index (χ4n) is 1.83. The van der Waals surface area contributed by atoms with Crippen molar-refractivity contribution in [2.75, 3.05) is 0 Å². The summed E-state index contributed by atoms with van der Waals surface area (Å²) in [6.45, 7) is 3.78. The molecule has 0 saturated heterocycles. The molecule has 2 atom stereocenters. The summed E-state index contributed by atoms with van der Waals surface area (Å²) in [5, 5.41) is 0. The van der Waals surface area contributed by atoms with Gasteiger partial charge in [-0.15, -0.1) is 0 Å². The Morgan fingerprint density at radius 1 is 1.31 bits per heavy atom. The van der Waals surface area contributed by atoms with E-state index in [1.807, 2.05) is 0 Å². The minimum atomic E-state index is 0.308. The van der Waals surface area contributed by atoms with Crippen molar-refractivity contribution in [2.45, 2.75) is 26.2 Å². The lowest BCUT2D eigenvalue weighted by molar-refractivity contribution is -0.118. The van der Waals surface area contributed by atoms with Gasteiger partial charge in [0, 0.05) is 5.92 Å². The van der Waals surface area contributed by atoms with Gasteiger partial charge in [0.1, 0.15) is 5.78 Å². The molecule has 1 aliphatic carbocycles. The molecule has 1 fully saturated rings. The van der Waals surface area contributed by atoms with Crippen molar-refractivity contribution in [1.29, 1.82) is 0 Å². The lowest BCUT2D eigenvalue weighted by atomic mass is 10.1. The third-order valence-electron chi connectivity index (χ3n) is 2.82. The fraction of sp³-hybridized carbons (Fsp3) is 0.417. The van der Waals surface area contributed by atoms with Gasteiger partial charge >= 0.3 is 0 Å². The predicted octanol–water partition coefficient (Wildman–Crippen LogP) is 2.69. The third kappa shape index (κ3) is 1.64. The van der Waals surface area contributed by atoms with Crippen LogP contribution in [0.2, 0.25) is 0 Å². The van der Waals surface area contributed by atoms with Gasteiger partial charge in [-0.2, -0.15) is 0 Å². The Hall–Kier alpha value is -1.11. The van der Waals surface area contributed by atoms with E-state index in [-0.39, 0.29) is 0 Å². The van der Waals surface area contributed by atoms with Crippen LogP contribution < -0.4 is 0 Å². The van der Waals surface area contributed by atoms with E-state index in [0.29, 0.717) is 17.6 Å². The van der Waals surface area contributed by atoms with Gasteiger partial charge in [-0.1, -0.05) is 29.8 Å². The number of hydrogen-bond acceptors (Lipinski definition) is 1. The highest BCUT2D eigenvalue weighted by atomic mass is 16.1. The van der Waals surface area contributed by atoms with Crippen molar-refractivity contribution >= 4 is 5.78 Å². The first-order valence-corrected chi connectivity index (χ1v) is 4.75. The highest BCUT2D eigenvalue weighted by molar-refractivity contribution is 5.82. The van der Waals surface area contributed by atoms with E-state index in [1.165, 1.54) is 11.1 Å². The Morgan fingerprint density at radius 2 is 1.92 bits per heavy atom. The number of benzene rings is 1. The average molecular weight is 174 g/mol. The summed E-state index contributed by atoms with van der Waals surface area (Å²) >= 11 is 0. The van der Waals surface area contributed by atoms with Crippen molar-refractivity contribution in [3.8, 4) is 0 Å². The molecule has 0 radical (unpaired) electrons. The lowest BCUT2D eigenvalue weighted by Gasteiger charge is -1.98. The number of carbonyl (C=O) groups is 1. The molecule has 0 N–H and O–H groups in total. The van der Waals surface area contributed by atoms with Crippen molar-refractivity contribution in [2.24, 2.45) is 5.92 Å². The summed E-state index contributed by atoms with van der Waals surface area (Å²) in [5.41, 5.74) is 2.61. The van der Waals surface area contributed by atoms with E-state index in [4.69, 9.17) is 0 Å². The Balaban J connectivity index is 2.12. The number of carbonyl (C=O) groups excluding carboxylic acids is 1. The molecular formula is C12H14O. The first kappa shape index (κ1) is 8.49. The van der Waals surface area contributed by atoms with Gasteiger partial charge < -0.3 is 0 Å². The Labute approximate surface area is 78.8 Å². The average Bonchev–Trinajstić information content (AvgIpc) is 2.85. The van der Waals surface area contributed by atoms with Gasteiger partial charge in [-0.05, 0) is 31.7 Å². The second kappa shape index (κ2) is 2.99. The molecule has 0 aliphatic heterocycles. The number of Topliss-reactive ketones (excluding diaryl/α,β-unsaturated/α-hetero) is 1. The molecule has 0 spiro atoms. The smallest absolute Gasteiger partial charge is 0.133 e. The lowest BCUT2D eigenvalue weighted by Crippen LogP contribution is -1.94. The maximum absolute atomic E-state index is 11.1. The van der Waals surface area contributed by atoms with Gasteiger partial charge in [-0.3, -0.25) is 4.79 Å². The van der Waals surface area contributed by atoms with Crippen LogP contribution in [0.25, 0.3) is 0 Å². The van der Waals surface area contributed by atoms with Gasteiger partial charge in [0.15, 0.2) is 0 Å². The molecule has 1 saturated carbocycles. The van der Waals surface area contributed by atoms with Crippen LogP contribution in [-0.2, 0) is 4.79 Å². The number of aryl methyl sites for hydroxylation is 1. The van der Waals surface area contributed by atoms with Gasteiger partial charge in [0.25, 0.3) is 0 Å². The van der Waals surface area contributed by atoms with Crippen LogP contribution in [0, 0.1) is 12.8 Å². The quantitative estimate of drug-likeness (QED) is 0.673. The van der Waals surface area contributed by atoms with Crippen LogP contribution in [0.5, 0.6) is 0 Å². The summed E-state index contributed by atoms with van der Waals surface area (Å²) in [5.74, 6) is 1.16. The van der Waals surface area contributed by atoms with E-state index in [1.54, 1.807) is 6.92 Å². The Morgan fingerprint density at radius 3 is 2.38 bits per heavy atom. The van der Waals surface area contributed by atoms with Crippen LogP contribution in [0.4, 0.5) is 0 Å². The van der Waals surface area contributed by atoms with Crippen LogP contribution in [0.15, 0.2) is 24.3 Å². The second-order valence-corrected chi connectivity index (χ2v) is 3.97. The number of ketones is 1. The van der Waals surface area contributed by atoms with Gasteiger partial charge in [0.2, 0.25) is 0 Å². The second-order valence-electron chi connectivity index (χ2n) is 3.97. The van der Waals surface area contributed by atoms with Crippen LogP contribution >= 0.6 is 0 Å². The zero-order chi connectivity index (χ0) is 9.42. The highest BCUT2D eigenvalue weighted by Crippen LogP contribution is 2.47. The summed E-state index contributed by atoms with van der Waals surface area (Å²) < 4.78 is 0. The van der Waals surface area contributed by atoms with E-state index in [9.17, 15) is 4.79 Å². The summed E-state index contributed by atoms with van der Waals surface area (Å²) in [6, 6.07) is 8.52. The molecule has 1 aromatic carbocycles. The van der Waals surface area contributed by atoms with Crippen molar-refractivity contribution < 1.29 is 4.79 Å². The molecule has 68 valence electrons. The third-order valence-corrected chi connectivity index (χ3v) is 2.82. The summed E-state index contributed by atoms with van der Waals surface area (Å²) in [6.07, 6.45) is 1.05. The van der Waals surface area contributed by atoms with Crippen molar-refractivity contribution in [1.82, 2.24) is 0 Å². The fourth-order valence-corrected chi connectivity index (χ4v) is 1.83. The first-order chi connectivity index (χ1) is 6.18. The van der Waals surface area contributed by atoms with E-state index < -0.39 is 0 Å². The van der Waals surface area contributed by atoms with Crippen LogP contribution in [0.1, 0.15) is 30.4 Å². The first-order valence-electron chi connectivity index (χ1n) is 4.75. The van der Waals surface area contributed by atoms with E-state index >= 15 is 0 Å². The molecule has 0 heterocycles. The molecule has 13 heavy (non-hydrogen) atoms. The maximum Gasteiger partial charge on any atom is 0.133 e. The van der Waals surface area contributed by atoms with Crippen molar-refractivity contribution in [3.63, 3.8) is 0 Å². The Kier molecular flexibility index (Phi) is 1.95. The summed E-state index contributed by atoms with van der Waals surface area (Å²) in [7, 11) is 0. The topological polar surface area (TPSA) is 17.1 Å². The molecule has 2 rings (SSSR count). The number of hydrogen-bond donors (Lipinski definition) is 0. The van der Waals surface area contributed by atoms with Crippen molar-refractivity contribution in [3.05, 3.63) is 35.4 Å². The maximum atomic E-state index is 11.1. The van der Waals surface area contributed by atoms with E-state index in [0.717, 1.165) is 6.42 Å². The highest BCUT2D eigenvalue weighted by Gasteiger charge is 2.41. The number of rotatable bonds is 2. The molecule has 0 bridgehead atoms. The van der Waals surface area contributed by atoms with Gasteiger partial charge in [0.05, 0.1) is 0 Å². The molecular weight excluding hydrogens is 160 g/mol. The molecule has 1 aromatic rings. The molecule has 1 heteroatoms. The standard InChI is InChI=1S/C12H14O/c1-8-3-5-10(6-4-8)12-7-11(12)9(2)13/h3-6,11-12H,7H2,1-2H3. The largest absolute Gasteiger partial charge is 0.300 e. The zero-order valence-corrected chi connectivity index (χ0v) is 8.08. The monoisotopic (exact) mass is 174 g/mol. The molecule has 0 amide bonds. The molecule has 0 aromatic heterocycles. The molecule has 1 aliphatic rings. The normalized spacial score (nSPS) is 25.7. The van der Waals surface area contributed by atoms with E-state index in [2.05, 4.69) is 31.2 Å². The summed E-state index contributed by atoms with van der Waals surface area (Å²) in [4.78, 5) is 11.1. The predicted molar refractivity (Wildman–Crippen MR) is 52.7 cm³/mol. The zero-order valence-electron chi connectivity index (χ0n) is 8.08. The van der Waals surface area contributed by atoms with Gasteiger partial charge in [-0.25, -0.2) is 0 Å². The van der Waals surface area contributed by atoms with Crippen LogP contribution in [-0.4, -0.2) is 5.78 Å². The van der Waals surface area contributed by atoms with Crippen LogP contribution in [0.3, 0.4) is 0 Å². The molecule has 2 unspecified atom stereocenters. The minimum absolute atomic E-state index is 0.308. The Bertz CT molecular complexity index is 323. The SMILES string of the molecule is CC(=O)C1CC1c1ccc(C)cc1. The molecule has 1 nitrogen and oxygen atoms in total.